The van der Waals surface area contributed by atoms with Crippen molar-refractivity contribution in [2.45, 2.75) is 25.7 Å². The molecule has 1 aliphatic rings. The Bertz CT molecular complexity index is 600. The van der Waals surface area contributed by atoms with E-state index in [1.165, 1.54) is 25.7 Å². The van der Waals surface area contributed by atoms with E-state index in [2.05, 4.69) is 22.6 Å². The molecule has 0 unspecified atom stereocenters. The van der Waals surface area contributed by atoms with Crippen LogP contribution in [-0.2, 0) is 0 Å². The summed E-state index contributed by atoms with van der Waals surface area (Å²) in [7, 11) is 0. The van der Waals surface area contributed by atoms with Crippen LogP contribution in [0.3, 0.4) is 0 Å². The molecule has 0 saturated heterocycles. The van der Waals surface area contributed by atoms with Gasteiger partial charge in [-0.15, -0.1) is 0 Å². The summed E-state index contributed by atoms with van der Waals surface area (Å²) in [5, 5.41) is 4.66. The van der Waals surface area contributed by atoms with E-state index in [0.29, 0.717) is 22.7 Å². The van der Waals surface area contributed by atoms with E-state index in [9.17, 15) is 0 Å². The molecule has 0 amide bonds. The first-order valence-electron chi connectivity index (χ1n) is 6.91. The SMILES string of the molecule is Clc1cccc(-c2noc(C=CC3CC[CH]CC3)n2)c1. The van der Waals surface area contributed by atoms with Crippen molar-refractivity contribution in [2.24, 2.45) is 5.92 Å². The van der Waals surface area contributed by atoms with Crippen LogP contribution in [-0.4, -0.2) is 10.1 Å². The topological polar surface area (TPSA) is 38.9 Å². The van der Waals surface area contributed by atoms with Crippen molar-refractivity contribution in [1.82, 2.24) is 10.1 Å². The summed E-state index contributed by atoms with van der Waals surface area (Å²) in [6.45, 7) is 0. The molecule has 1 saturated carbocycles. The Morgan fingerprint density at radius 1 is 1.25 bits per heavy atom. The first-order chi connectivity index (χ1) is 9.81. The van der Waals surface area contributed by atoms with E-state index < -0.39 is 0 Å². The van der Waals surface area contributed by atoms with Crippen LogP contribution in [0.25, 0.3) is 17.5 Å². The van der Waals surface area contributed by atoms with Crippen LogP contribution in [0, 0.1) is 12.3 Å². The van der Waals surface area contributed by atoms with Gasteiger partial charge >= 0.3 is 0 Å². The second kappa shape index (κ2) is 6.23. The molecule has 3 nitrogen and oxygen atoms in total. The number of benzene rings is 1. The zero-order valence-corrected chi connectivity index (χ0v) is 11.9. The lowest BCUT2D eigenvalue weighted by atomic mass is 9.89. The Morgan fingerprint density at radius 3 is 2.90 bits per heavy atom. The molecule has 1 aliphatic carbocycles. The molecule has 1 radical (unpaired) electrons. The number of halogens is 1. The highest BCUT2D eigenvalue weighted by Crippen LogP contribution is 2.25. The van der Waals surface area contributed by atoms with Crippen LogP contribution in [0.4, 0.5) is 0 Å². The molecule has 103 valence electrons. The van der Waals surface area contributed by atoms with Crippen LogP contribution in [0.1, 0.15) is 31.6 Å². The van der Waals surface area contributed by atoms with Crippen molar-refractivity contribution in [1.29, 1.82) is 0 Å². The Balaban J connectivity index is 1.71. The van der Waals surface area contributed by atoms with Crippen LogP contribution >= 0.6 is 11.6 Å². The molecule has 20 heavy (non-hydrogen) atoms. The summed E-state index contributed by atoms with van der Waals surface area (Å²) in [5.74, 6) is 1.75. The minimum atomic E-state index is 0.550. The average molecular weight is 288 g/mol. The summed E-state index contributed by atoms with van der Waals surface area (Å²) >= 11 is 5.96. The molecule has 1 fully saturated rings. The van der Waals surface area contributed by atoms with Crippen LogP contribution in [0.2, 0.25) is 5.02 Å². The van der Waals surface area contributed by atoms with Crippen molar-refractivity contribution in [3.8, 4) is 11.4 Å². The third-order valence-electron chi connectivity index (χ3n) is 3.52. The number of hydrogen-bond donors (Lipinski definition) is 0. The molecule has 1 aromatic carbocycles. The highest BCUT2D eigenvalue weighted by molar-refractivity contribution is 6.30. The maximum absolute atomic E-state index is 5.96. The Labute approximate surface area is 123 Å². The molecule has 3 rings (SSSR count). The normalized spacial score (nSPS) is 16.9. The van der Waals surface area contributed by atoms with Crippen molar-refractivity contribution in [3.63, 3.8) is 0 Å². The van der Waals surface area contributed by atoms with E-state index >= 15 is 0 Å². The first kappa shape index (κ1) is 13.4. The molecule has 0 aliphatic heterocycles. The third-order valence-corrected chi connectivity index (χ3v) is 3.75. The lowest BCUT2D eigenvalue weighted by molar-refractivity contribution is 0.410. The molecule has 2 aromatic rings. The summed E-state index contributed by atoms with van der Waals surface area (Å²) in [6.07, 6.45) is 11.3. The minimum Gasteiger partial charge on any atom is -0.334 e. The van der Waals surface area contributed by atoms with Crippen LogP contribution in [0.5, 0.6) is 0 Å². The first-order valence-corrected chi connectivity index (χ1v) is 7.28. The fraction of sp³-hybridized carbons (Fsp3) is 0.312. The van der Waals surface area contributed by atoms with Gasteiger partial charge in [0.2, 0.25) is 5.82 Å². The molecule has 0 atom stereocenters. The van der Waals surface area contributed by atoms with Crippen molar-refractivity contribution >= 4 is 17.7 Å². The monoisotopic (exact) mass is 287 g/mol. The van der Waals surface area contributed by atoms with Gasteiger partial charge in [-0.2, -0.15) is 4.98 Å². The summed E-state index contributed by atoms with van der Waals surface area (Å²) in [4.78, 5) is 4.37. The van der Waals surface area contributed by atoms with Gasteiger partial charge in [-0.25, -0.2) is 0 Å². The molecule has 0 N–H and O–H groups in total. The van der Waals surface area contributed by atoms with E-state index in [1.54, 1.807) is 0 Å². The second-order valence-electron chi connectivity index (χ2n) is 5.03. The maximum Gasteiger partial charge on any atom is 0.250 e. The van der Waals surface area contributed by atoms with Gasteiger partial charge in [-0.1, -0.05) is 35.0 Å². The Hall–Kier alpha value is -1.61. The zero-order valence-electron chi connectivity index (χ0n) is 11.1. The van der Waals surface area contributed by atoms with E-state index in [-0.39, 0.29) is 0 Å². The van der Waals surface area contributed by atoms with Crippen molar-refractivity contribution < 1.29 is 4.52 Å². The van der Waals surface area contributed by atoms with Gasteiger partial charge in [0.15, 0.2) is 0 Å². The van der Waals surface area contributed by atoms with Gasteiger partial charge < -0.3 is 4.52 Å². The highest BCUT2D eigenvalue weighted by atomic mass is 35.5. The quantitative estimate of drug-likeness (QED) is 0.814. The maximum atomic E-state index is 5.96. The molecule has 0 spiro atoms. The Kier molecular flexibility index (Phi) is 4.16. The summed E-state index contributed by atoms with van der Waals surface area (Å²) < 4.78 is 5.25. The van der Waals surface area contributed by atoms with Gasteiger partial charge in [0.05, 0.1) is 0 Å². The fourth-order valence-electron chi connectivity index (χ4n) is 2.41. The third kappa shape index (κ3) is 3.28. The molecule has 1 heterocycles. The summed E-state index contributed by atoms with van der Waals surface area (Å²) in [6, 6.07) is 7.45. The van der Waals surface area contributed by atoms with Crippen LogP contribution in [0.15, 0.2) is 34.9 Å². The highest BCUT2D eigenvalue weighted by Gasteiger charge is 2.11. The van der Waals surface area contributed by atoms with E-state index in [1.807, 2.05) is 30.3 Å². The van der Waals surface area contributed by atoms with E-state index in [4.69, 9.17) is 16.1 Å². The van der Waals surface area contributed by atoms with Crippen molar-refractivity contribution in [2.75, 3.05) is 0 Å². The fourth-order valence-corrected chi connectivity index (χ4v) is 2.60. The van der Waals surface area contributed by atoms with E-state index in [0.717, 1.165) is 5.56 Å². The molecular weight excluding hydrogens is 272 g/mol. The van der Waals surface area contributed by atoms with Crippen molar-refractivity contribution in [3.05, 3.63) is 47.7 Å². The largest absolute Gasteiger partial charge is 0.334 e. The minimum absolute atomic E-state index is 0.550. The lowest BCUT2D eigenvalue weighted by Crippen LogP contribution is -2.02. The predicted octanol–water partition coefficient (Wildman–Crippen LogP) is 4.80. The number of hydrogen-bond acceptors (Lipinski definition) is 3. The molecule has 1 aromatic heterocycles. The number of aromatic nitrogens is 2. The number of nitrogens with zero attached hydrogens (tertiary/aromatic N) is 2. The van der Waals surface area contributed by atoms with Gasteiger partial charge in [0, 0.05) is 10.6 Å². The second-order valence-corrected chi connectivity index (χ2v) is 5.47. The predicted molar refractivity (Wildman–Crippen MR) is 80.0 cm³/mol. The lowest BCUT2D eigenvalue weighted by Gasteiger charge is -2.16. The molecule has 4 heteroatoms. The van der Waals surface area contributed by atoms with Gasteiger partial charge in [0.25, 0.3) is 5.89 Å². The van der Waals surface area contributed by atoms with Gasteiger partial charge in [-0.3, -0.25) is 0 Å². The average Bonchev–Trinajstić information content (AvgIpc) is 2.95. The Morgan fingerprint density at radius 2 is 2.10 bits per heavy atom. The molecule has 0 bridgehead atoms. The summed E-state index contributed by atoms with van der Waals surface area (Å²) in [5.41, 5.74) is 0.869. The van der Waals surface area contributed by atoms with Gasteiger partial charge in [0.1, 0.15) is 0 Å². The molecular formula is C16H16ClN2O. The number of rotatable bonds is 3. The van der Waals surface area contributed by atoms with Crippen LogP contribution < -0.4 is 0 Å². The van der Waals surface area contributed by atoms with Gasteiger partial charge in [-0.05, 0) is 56.2 Å². The zero-order chi connectivity index (χ0) is 13.8. The smallest absolute Gasteiger partial charge is 0.250 e. The number of allylic oxidation sites excluding steroid dienone is 1. The standard InChI is InChI=1S/C16H16ClN2O/c17-14-8-4-7-13(11-14)16-18-15(20-19-16)10-9-12-5-2-1-3-6-12/h1,4,7-12H,2-3,5-6H2.